The summed E-state index contributed by atoms with van der Waals surface area (Å²) in [6, 6.07) is 0. The van der Waals surface area contributed by atoms with Crippen molar-refractivity contribution < 1.29 is 14.6 Å². The molecular weight excluding hydrogens is 564 g/mol. The maximum Gasteiger partial charge on any atom is 0.0784 e. The molecule has 1 N–H and O–H groups in total. The molecule has 7 unspecified atom stereocenters. The number of rotatable bonds is 31. The molecule has 0 fully saturated rings. The minimum atomic E-state index is 0.0733. The van der Waals surface area contributed by atoms with Crippen molar-refractivity contribution in [1.29, 1.82) is 0 Å². The highest BCUT2D eigenvalue weighted by molar-refractivity contribution is 5.12. The van der Waals surface area contributed by atoms with E-state index >= 15 is 0 Å². The standard InChI is InChI=1S/C43H84O3/c1-9-17-35(5)21-13-15-23-39(27-25-37(7)19-11-3)33-45-42-29-41(32-44)30-43(31-42)46-34-40(28-26-38(8)20-12-4)24-16-14-22-36(6)18-10-2/h29,35-40,42-44H,9-28,30-34H2,1-8H3/t35?,36?,37?,38-,39?,40?,42?,43?/m1/s1. The monoisotopic (exact) mass is 649 g/mol. The topological polar surface area (TPSA) is 38.7 Å². The molecule has 0 spiro atoms. The second-order valence-corrected chi connectivity index (χ2v) is 16.3. The molecule has 0 saturated carbocycles. The van der Waals surface area contributed by atoms with Crippen LogP contribution in [0.3, 0.4) is 0 Å². The first kappa shape index (κ1) is 43.6. The summed E-state index contributed by atoms with van der Waals surface area (Å²) in [6.45, 7) is 20.8. The number of unbranched alkanes of at least 4 members (excludes halogenated alkanes) is 2. The van der Waals surface area contributed by atoms with Gasteiger partial charge in [0.2, 0.25) is 0 Å². The van der Waals surface area contributed by atoms with Crippen LogP contribution >= 0.6 is 0 Å². The Morgan fingerprint density at radius 2 is 0.978 bits per heavy atom. The molecule has 0 saturated heterocycles. The van der Waals surface area contributed by atoms with Gasteiger partial charge in [0.15, 0.2) is 0 Å². The molecule has 3 heteroatoms. The first-order valence-corrected chi connectivity index (χ1v) is 20.8. The summed E-state index contributed by atoms with van der Waals surface area (Å²) in [5.41, 5.74) is 1.11. The van der Waals surface area contributed by atoms with Crippen LogP contribution in [0.15, 0.2) is 11.6 Å². The van der Waals surface area contributed by atoms with Gasteiger partial charge in [-0.2, -0.15) is 0 Å². The second kappa shape index (κ2) is 28.5. The van der Waals surface area contributed by atoms with Crippen molar-refractivity contribution in [3.63, 3.8) is 0 Å². The Morgan fingerprint density at radius 1 is 0.565 bits per heavy atom. The highest BCUT2D eigenvalue weighted by Crippen LogP contribution is 2.29. The lowest BCUT2D eigenvalue weighted by molar-refractivity contribution is -0.0312. The predicted octanol–water partition coefficient (Wildman–Crippen LogP) is 13.1. The van der Waals surface area contributed by atoms with Crippen LogP contribution in [-0.2, 0) is 9.47 Å². The van der Waals surface area contributed by atoms with E-state index in [4.69, 9.17) is 9.47 Å². The average Bonchev–Trinajstić information content (AvgIpc) is 3.03. The van der Waals surface area contributed by atoms with Gasteiger partial charge in [-0.15, -0.1) is 0 Å². The fourth-order valence-electron chi connectivity index (χ4n) is 7.99. The van der Waals surface area contributed by atoms with Gasteiger partial charge < -0.3 is 14.6 Å². The third-order valence-electron chi connectivity index (χ3n) is 11.1. The molecule has 1 aliphatic rings. The number of aliphatic hydroxyl groups is 1. The number of hydrogen-bond donors (Lipinski definition) is 1. The van der Waals surface area contributed by atoms with Gasteiger partial charge in [-0.3, -0.25) is 0 Å². The zero-order valence-electron chi connectivity index (χ0n) is 32.6. The summed E-state index contributed by atoms with van der Waals surface area (Å²) < 4.78 is 13.4. The van der Waals surface area contributed by atoms with Crippen molar-refractivity contribution in [1.82, 2.24) is 0 Å². The van der Waals surface area contributed by atoms with Crippen molar-refractivity contribution in [2.24, 2.45) is 35.5 Å². The van der Waals surface area contributed by atoms with Gasteiger partial charge in [0.1, 0.15) is 0 Å². The van der Waals surface area contributed by atoms with E-state index in [9.17, 15) is 5.11 Å². The minimum absolute atomic E-state index is 0.0733. The zero-order valence-corrected chi connectivity index (χ0v) is 32.6. The molecule has 1 rings (SSSR count). The van der Waals surface area contributed by atoms with E-state index in [1.165, 1.54) is 128 Å². The Kier molecular flexibility index (Phi) is 27.0. The van der Waals surface area contributed by atoms with Gasteiger partial charge in [-0.1, -0.05) is 164 Å². The van der Waals surface area contributed by atoms with Crippen LogP contribution in [0.5, 0.6) is 0 Å². The Morgan fingerprint density at radius 3 is 1.41 bits per heavy atom. The predicted molar refractivity (Wildman–Crippen MR) is 203 cm³/mol. The summed E-state index contributed by atoms with van der Waals surface area (Å²) >= 11 is 0. The van der Waals surface area contributed by atoms with E-state index in [0.717, 1.165) is 55.3 Å². The molecule has 3 nitrogen and oxygen atoms in total. The van der Waals surface area contributed by atoms with Gasteiger partial charge >= 0.3 is 0 Å². The van der Waals surface area contributed by atoms with Crippen LogP contribution in [0.25, 0.3) is 0 Å². The van der Waals surface area contributed by atoms with Crippen LogP contribution in [0, 0.1) is 35.5 Å². The summed E-state index contributed by atoms with van der Waals surface area (Å²) in [5, 5.41) is 10.1. The Labute approximate surface area is 289 Å². The Hall–Kier alpha value is -0.380. The highest BCUT2D eigenvalue weighted by Gasteiger charge is 2.26. The molecule has 0 bridgehead atoms. The SMILES string of the molecule is CCCC(C)CCCCC(CCC(C)CCC)COC1C=C(CO)CC(OCC(CCCCC(C)CCC)CC[C@H](C)CCC)C1. The fraction of sp³-hybridized carbons (Fsp3) is 0.953. The summed E-state index contributed by atoms with van der Waals surface area (Å²) in [7, 11) is 0. The molecule has 0 aromatic heterocycles. The van der Waals surface area contributed by atoms with Gasteiger partial charge in [-0.05, 0) is 73.2 Å². The number of aliphatic hydroxyl groups excluding tert-OH is 1. The summed E-state index contributed by atoms with van der Waals surface area (Å²) in [6.07, 6.45) is 30.7. The Balaban J connectivity index is 2.71. The first-order valence-electron chi connectivity index (χ1n) is 20.8. The van der Waals surface area contributed by atoms with Crippen LogP contribution < -0.4 is 0 Å². The van der Waals surface area contributed by atoms with E-state index in [2.05, 4.69) is 61.5 Å². The Bertz CT molecular complexity index is 704. The van der Waals surface area contributed by atoms with E-state index in [1.807, 2.05) is 0 Å². The summed E-state index contributed by atoms with van der Waals surface area (Å²) in [4.78, 5) is 0. The van der Waals surface area contributed by atoms with Crippen LogP contribution in [-0.4, -0.2) is 37.1 Å². The van der Waals surface area contributed by atoms with Crippen LogP contribution in [0.2, 0.25) is 0 Å². The van der Waals surface area contributed by atoms with Crippen molar-refractivity contribution in [3.05, 3.63) is 11.6 Å². The minimum Gasteiger partial charge on any atom is -0.392 e. The fourth-order valence-corrected chi connectivity index (χ4v) is 7.99. The molecule has 0 heterocycles. The van der Waals surface area contributed by atoms with E-state index in [-0.39, 0.29) is 18.8 Å². The van der Waals surface area contributed by atoms with Crippen molar-refractivity contribution in [2.45, 2.75) is 209 Å². The molecule has 0 aromatic rings. The van der Waals surface area contributed by atoms with Crippen molar-refractivity contribution in [2.75, 3.05) is 19.8 Å². The molecule has 0 amide bonds. The molecule has 0 aromatic carbocycles. The molecular formula is C43H84O3. The molecule has 0 radical (unpaired) electrons. The van der Waals surface area contributed by atoms with Gasteiger partial charge in [0.25, 0.3) is 0 Å². The lowest BCUT2D eigenvalue weighted by atomic mass is 9.89. The maximum absolute atomic E-state index is 10.1. The smallest absolute Gasteiger partial charge is 0.0784 e. The zero-order chi connectivity index (χ0) is 34.0. The molecule has 274 valence electrons. The van der Waals surface area contributed by atoms with Gasteiger partial charge in [0, 0.05) is 13.0 Å². The maximum atomic E-state index is 10.1. The normalized spacial score (nSPS) is 21.0. The quantitative estimate of drug-likeness (QED) is 0.0600. The first-order chi connectivity index (χ1) is 22.2. The lowest BCUT2D eigenvalue weighted by Gasteiger charge is -2.31. The van der Waals surface area contributed by atoms with Crippen molar-refractivity contribution in [3.8, 4) is 0 Å². The lowest BCUT2D eigenvalue weighted by Crippen LogP contribution is -2.30. The third kappa shape index (κ3) is 22.3. The number of hydrogen-bond acceptors (Lipinski definition) is 3. The van der Waals surface area contributed by atoms with Gasteiger partial charge in [-0.25, -0.2) is 0 Å². The molecule has 8 atom stereocenters. The van der Waals surface area contributed by atoms with Crippen LogP contribution in [0.4, 0.5) is 0 Å². The van der Waals surface area contributed by atoms with Crippen molar-refractivity contribution >= 4 is 0 Å². The second-order valence-electron chi connectivity index (χ2n) is 16.3. The van der Waals surface area contributed by atoms with E-state index in [1.54, 1.807) is 0 Å². The van der Waals surface area contributed by atoms with E-state index in [0.29, 0.717) is 11.8 Å². The molecule has 46 heavy (non-hydrogen) atoms. The molecule has 0 aliphatic heterocycles. The largest absolute Gasteiger partial charge is 0.392 e. The van der Waals surface area contributed by atoms with Crippen LogP contribution in [0.1, 0.15) is 197 Å². The summed E-state index contributed by atoms with van der Waals surface area (Å²) in [5.74, 6) is 4.63. The van der Waals surface area contributed by atoms with E-state index < -0.39 is 0 Å². The molecule has 1 aliphatic carbocycles. The highest BCUT2D eigenvalue weighted by atomic mass is 16.5. The average molecular weight is 649 g/mol. The van der Waals surface area contributed by atoms with Gasteiger partial charge in [0.05, 0.1) is 25.4 Å². The number of ether oxygens (including phenoxy) is 2. The third-order valence-corrected chi connectivity index (χ3v) is 11.1.